The van der Waals surface area contributed by atoms with Crippen LogP contribution in [-0.2, 0) is 17.6 Å². The summed E-state index contributed by atoms with van der Waals surface area (Å²) >= 11 is 13.2. The smallest absolute Gasteiger partial charge is 0.234 e. The number of carbonyl (C=O) groups is 1. The predicted molar refractivity (Wildman–Crippen MR) is 94.6 cm³/mol. The van der Waals surface area contributed by atoms with Crippen molar-refractivity contribution in [2.45, 2.75) is 31.3 Å². The van der Waals surface area contributed by atoms with E-state index in [1.54, 1.807) is 18.2 Å². The van der Waals surface area contributed by atoms with E-state index in [-0.39, 0.29) is 11.7 Å². The summed E-state index contributed by atoms with van der Waals surface area (Å²) in [5.41, 5.74) is 3.97. The number of anilines is 1. The molecule has 0 saturated heterocycles. The Labute approximate surface area is 149 Å². The van der Waals surface area contributed by atoms with Crippen molar-refractivity contribution in [2.24, 2.45) is 0 Å². The lowest BCUT2D eigenvalue weighted by molar-refractivity contribution is -0.113. The molecule has 1 amide bonds. The zero-order chi connectivity index (χ0) is 16.4. The SMILES string of the molecule is Cc1nc(SCC(=O)Nc2ccc(Cl)cc2Cl)nc2c1CCC2. The van der Waals surface area contributed by atoms with Crippen LogP contribution in [0.5, 0.6) is 0 Å². The summed E-state index contributed by atoms with van der Waals surface area (Å²) in [5.74, 6) is 0.0814. The average Bonchev–Trinajstić information content (AvgIpc) is 2.97. The van der Waals surface area contributed by atoms with Crippen molar-refractivity contribution in [1.82, 2.24) is 9.97 Å². The highest BCUT2D eigenvalue weighted by Crippen LogP contribution is 2.27. The summed E-state index contributed by atoms with van der Waals surface area (Å²) in [6.07, 6.45) is 3.19. The van der Waals surface area contributed by atoms with Gasteiger partial charge in [-0.2, -0.15) is 0 Å². The number of rotatable bonds is 4. The van der Waals surface area contributed by atoms with Crippen LogP contribution in [0.15, 0.2) is 23.4 Å². The van der Waals surface area contributed by atoms with Gasteiger partial charge in [-0.25, -0.2) is 9.97 Å². The number of nitrogens with one attached hydrogen (secondary N) is 1. The van der Waals surface area contributed by atoms with E-state index in [1.807, 2.05) is 6.92 Å². The number of aromatic nitrogens is 2. The van der Waals surface area contributed by atoms with Crippen LogP contribution < -0.4 is 5.32 Å². The molecule has 7 heteroatoms. The lowest BCUT2D eigenvalue weighted by Crippen LogP contribution is -2.14. The normalized spacial score (nSPS) is 13.0. The van der Waals surface area contributed by atoms with Crippen molar-refractivity contribution >= 4 is 46.6 Å². The van der Waals surface area contributed by atoms with E-state index in [0.29, 0.717) is 20.9 Å². The molecule has 1 aliphatic rings. The fourth-order valence-electron chi connectivity index (χ4n) is 2.56. The first kappa shape index (κ1) is 16.6. The Bertz CT molecular complexity index is 767. The molecule has 0 atom stereocenters. The van der Waals surface area contributed by atoms with Gasteiger partial charge in [0.2, 0.25) is 5.91 Å². The van der Waals surface area contributed by atoms with Crippen LogP contribution in [0.4, 0.5) is 5.69 Å². The zero-order valence-corrected chi connectivity index (χ0v) is 14.9. The van der Waals surface area contributed by atoms with Crippen molar-refractivity contribution < 1.29 is 4.79 Å². The molecule has 1 heterocycles. The maximum absolute atomic E-state index is 12.1. The number of aryl methyl sites for hydroxylation is 2. The molecule has 0 spiro atoms. The van der Waals surface area contributed by atoms with Crippen molar-refractivity contribution in [3.63, 3.8) is 0 Å². The number of nitrogens with zero attached hydrogens (tertiary/aromatic N) is 2. The Morgan fingerprint density at radius 2 is 2.13 bits per heavy atom. The molecule has 2 aromatic rings. The van der Waals surface area contributed by atoms with E-state index in [0.717, 1.165) is 30.7 Å². The second kappa shape index (κ2) is 7.07. The second-order valence-corrected chi connectivity index (χ2v) is 7.12. The lowest BCUT2D eigenvalue weighted by atomic mass is 10.2. The van der Waals surface area contributed by atoms with Crippen LogP contribution in [0, 0.1) is 6.92 Å². The molecule has 0 aliphatic heterocycles. The third kappa shape index (κ3) is 3.97. The molecule has 1 aromatic heterocycles. The minimum Gasteiger partial charge on any atom is -0.324 e. The van der Waals surface area contributed by atoms with Gasteiger partial charge in [-0.3, -0.25) is 4.79 Å². The van der Waals surface area contributed by atoms with Crippen LogP contribution >= 0.6 is 35.0 Å². The molecule has 1 aromatic carbocycles. The molecule has 0 unspecified atom stereocenters. The Balaban J connectivity index is 1.62. The molecular weight excluding hydrogens is 353 g/mol. The summed E-state index contributed by atoms with van der Waals surface area (Å²) in [6.45, 7) is 2.00. The summed E-state index contributed by atoms with van der Waals surface area (Å²) in [7, 11) is 0. The van der Waals surface area contributed by atoms with E-state index < -0.39 is 0 Å². The third-order valence-corrected chi connectivity index (χ3v) is 5.05. The van der Waals surface area contributed by atoms with Crippen LogP contribution in [0.3, 0.4) is 0 Å². The third-order valence-electron chi connectivity index (χ3n) is 3.66. The molecule has 1 N–H and O–H groups in total. The number of halogens is 2. The quantitative estimate of drug-likeness (QED) is 0.645. The van der Waals surface area contributed by atoms with Gasteiger partial charge in [0.25, 0.3) is 0 Å². The number of amides is 1. The van der Waals surface area contributed by atoms with Gasteiger partial charge in [0.1, 0.15) is 0 Å². The van der Waals surface area contributed by atoms with E-state index in [9.17, 15) is 4.79 Å². The molecule has 1 aliphatic carbocycles. The topological polar surface area (TPSA) is 54.9 Å². The monoisotopic (exact) mass is 367 g/mol. The molecule has 0 bridgehead atoms. The Morgan fingerprint density at radius 1 is 1.30 bits per heavy atom. The Kier molecular flexibility index (Phi) is 5.09. The van der Waals surface area contributed by atoms with Gasteiger partial charge >= 0.3 is 0 Å². The highest BCUT2D eigenvalue weighted by atomic mass is 35.5. The maximum Gasteiger partial charge on any atom is 0.234 e. The first-order valence-electron chi connectivity index (χ1n) is 7.27. The van der Waals surface area contributed by atoms with Gasteiger partial charge in [0.15, 0.2) is 5.16 Å². The molecule has 0 saturated carbocycles. The molecule has 120 valence electrons. The number of hydrogen-bond donors (Lipinski definition) is 1. The van der Waals surface area contributed by atoms with E-state index in [2.05, 4.69) is 15.3 Å². The van der Waals surface area contributed by atoms with Crippen LogP contribution in [-0.4, -0.2) is 21.6 Å². The average molecular weight is 368 g/mol. The minimum atomic E-state index is -0.152. The maximum atomic E-state index is 12.1. The fourth-order valence-corrected chi connectivity index (χ4v) is 3.73. The van der Waals surface area contributed by atoms with Crippen molar-refractivity contribution in [1.29, 1.82) is 0 Å². The molecule has 0 radical (unpaired) electrons. The van der Waals surface area contributed by atoms with Gasteiger partial charge in [0.05, 0.1) is 16.5 Å². The molecule has 4 nitrogen and oxygen atoms in total. The number of benzene rings is 1. The highest BCUT2D eigenvalue weighted by molar-refractivity contribution is 7.99. The minimum absolute atomic E-state index is 0.152. The lowest BCUT2D eigenvalue weighted by Gasteiger charge is -2.08. The largest absolute Gasteiger partial charge is 0.324 e. The van der Waals surface area contributed by atoms with Crippen LogP contribution in [0.25, 0.3) is 0 Å². The molecular formula is C16H15Cl2N3OS. The standard InChI is InChI=1S/C16H15Cl2N3OS/c1-9-11-3-2-4-13(11)21-16(19-9)23-8-15(22)20-14-6-5-10(17)7-12(14)18/h5-7H,2-4,8H2,1H3,(H,20,22). The van der Waals surface area contributed by atoms with Crippen LogP contribution in [0.1, 0.15) is 23.4 Å². The van der Waals surface area contributed by atoms with E-state index in [4.69, 9.17) is 23.2 Å². The summed E-state index contributed by atoms with van der Waals surface area (Å²) in [4.78, 5) is 21.1. The number of carbonyl (C=O) groups excluding carboxylic acids is 1. The summed E-state index contributed by atoms with van der Waals surface area (Å²) < 4.78 is 0. The number of fused-ring (bicyclic) bond motifs is 1. The first-order valence-corrected chi connectivity index (χ1v) is 9.01. The predicted octanol–water partition coefficient (Wildman–Crippen LogP) is 4.31. The highest BCUT2D eigenvalue weighted by Gasteiger charge is 2.17. The molecule has 3 rings (SSSR count). The van der Waals surface area contributed by atoms with Crippen molar-refractivity contribution in [3.8, 4) is 0 Å². The molecule has 23 heavy (non-hydrogen) atoms. The Morgan fingerprint density at radius 3 is 2.91 bits per heavy atom. The summed E-state index contributed by atoms with van der Waals surface area (Å²) in [5, 5.41) is 4.37. The van der Waals surface area contributed by atoms with Crippen LogP contribution in [0.2, 0.25) is 10.0 Å². The van der Waals surface area contributed by atoms with E-state index >= 15 is 0 Å². The van der Waals surface area contributed by atoms with Crippen molar-refractivity contribution in [3.05, 3.63) is 45.2 Å². The van der Waals surface area contributed by atoms with Gasteiger partial charge in [0, 0.05) is 16.4 Å². The van der Waals surface area contributed by atoms with Gasteiger partial charge in [-0.1, -0.05) is 35.0 Å². The van der Waals surface area contributed by atoms with E-state index in [1.165, 1.54) is 17.3 Å². The zero-order valence-electron chi connectivity index (χ0n) is 12.5. The number of hydrogen-bond acceptors (Lipinski definition) is 4. The number of thioether (sulfide) groups is 1. The first-order chi connectivity index (χ1) is 11.0. The fraction of sp³-hybridized carbons (Fsp3) is 0.312. The van der Waals surface area contributed by atoms with Gasteiger partial charge < -0.3 is 5.32 Å². The van der Waals surface area contributed by atoms with Crippen molar-refractivity contribution in [2.75, 3.05) is 11.1 Å². The second-order valence-electron chi connectivity index (χ2n) is 5.33. The van der Waals surface area contributed by atoms with Gasteiger partial charge in [-0.05, 0) is 49.9 Å². The molecule has 0 fully saturated rings. The van der Waals surface area contributed by atoms with Gasteiger partial charge in [-0.15, -0.1) is 0 Å². The summed E-state index contributed by atoms with van der Waals surface area (Å²) in [6, 6.07) is 4.96. The Hall–Kier alpha value is -1.30.